The van der Waals surface area contributed by atoms with Crippen LogP contribution in [0.15, 0.2) is 38.0 Å². The molecule has 0 saturated heterocycles. The standard InChI is InChI=1S/C17H24O8/c1-5-13(20)23-10-17(11-24-14(21)6-2,12-25-15(22)7-3)16(4,8-18)9-19/h5-7,18-19H,1-3,8-12H2,4H3. The number of carbonyl (C=O) groups is 3. The molecule has 0 aromatic carbocycles. The van der Waals surface area contributed by atoms with Crippen molar-refractivity contribution < 1.29 is 38.8 Å². The number of esters is 3. The summed E-state index contributed by atoms with van der Waals surface area (Å²) in [4.78, 5) is 34.3. The Bertz CT molecular complexity index is 459. The molecule has 8 heteroatoms. The molecule has 0 aliphatic carbocycles. The number of rotatable bonds is 12. The highest BCUT2D eigenvalue weighted by atomic mass is 16.6. The highest BCUT2D eigenvalue weighted by molar-refractivity contribution is 5.82. The lowest BCUT2D eigenvalue weighted by Crippen LogP contribution is -2.55. The smallest absolute Gasteiger partial charge is 0.330 e. The summed E-state index contributed by atoms with van der Waals surface area (Å²) in [6.07, 6.45) is 2.77. The van der Waals surface area contributed by atoms with Crippen LogP contribution >= 0.6 is 0 Å². The van der Waals surface area contributed by atoms with Gasteiger partial charge in [0.2, 0.25) is 0 Å². The monoisotopic (exact) mass is 356 g/mol. The first kappa shape index (κ1) is 22.6. The number of carbonyl (C=O) groups excluding carboxylic acids is 3. The summed E-state index contributed by atoms with van der Waals surface area (Å²) in [6, 6.07) is 0. The second-order valence-electron chi connectivity index (χ2n) is 5.59. The van der Waals surface area contributed by atoms with Crippen molar-refractivity contribution in [2.45, 2.75) is 6.92 Å². The molecule has 25 heavy (non-hydrogen) atoms. The molecule has 0 bridgehead atoms. The molecule has 0 rings (SSSR count). The van der Waals surface area contributed by atoms with Gasteiger partial charge in [-0.25, -0.2) is 14.4 Å². The molecule has 0 atom stereocenters. The van der Waals surface area contributed by atoms with E-state index in [1.54, 1.807) is 0 Å². The minimum atomic E-state index is -1.42. The third-order valence-electron chi connectivity index (χ3n) is 3.95. The van der Waals surface area contributed by atoms with E-state index in [0.29, 0.717) is 0 Å². The minimum Gasteiger partial charge on any atom is -0.462 e. The second-order valence-corrected chi connectivity index (χ2v) is 5.59. The molecular weight excluding hydrogens is 332 g/mol. The van der Waals surface area contributed by atoms with Gasteiger partial charge in [-0.15, -0.1) is 0 Å². The molecule has 0 radical (unpaired) electrons. The fraction of sp³-hybridized carbons (Fsp3) is 0.471. The molecule has 0 spiro atoms. The summed E-state index contributed by atoms with van der Waals surface area (Å²) in [6.45, 7) is 8.91. The molecule has 0 heterocycles. The quantitative estimate of drug-likeness (QED) is 0.288. The van der Waals surface area contributed by atoms with Crippen LogP contribution in [0.1, 0.15) is 6.92 Å². The third-order valence-corrected chi connectivity index (χ3v) is 3.95. The molecule has 0 fully saturated rings. The van der Waals surface area contributed by atoms with Crippen molar-refractivity contribution in [1.82, 2.24) is 0 Å². The summed E-state index contributed by atoms with van der Waals surface area (Å²) in [5, 5.41) is 19.5. The molecular formula is C17H24O8. The van der Waals surface area contributed by atoms with Crippen molar-refractivity contribution in [3.05, 3.63) is 38.0 Å². The van der Waals surface area contributed by atoms with Crippen LogP contribution in [0, 0.1) is 10.8 Å². The Morgan fingerprint density at radius 2 is 1.08 bits per heavy atom. The molecule has 0 saturated carbocycles. The van der Waals surface area contributed by atoms with Crippen LogP contribution in [0.3, 0.4) is 0 Å². The summed E-state index contributed by atoms with van der Waals surface area (Å²) >= 11 is 0. The number of ether oxygens (including phenoxy) is 3. The molecule has 0 amide bonds. The molecule has 0 aliphatic heterocycles. The fourth-order valence-electron chi connectivity index (χ4n) is 1.84. The first-order chi connectivity index (χ1) is 11.7. The largest absolute Gasteiger partial charge is 0.462 e. The van der Waals surface area contributed by atoms with Gasteiger partial charge < -0.3 is 24.4 Å². The Kier molecular flexibility index (Phi) is 9.40. The van der Waals surface area contributed by atoms with Crippen molar-refractivity contribution in [2.75, 3.05) is 33.0 Å². The van der Waals surface area contributed by atoms with Gasteiger partial charge in [0.1, 0.15) is 19.8 Å². The average Bonchev–Trinajstić information content (AvgIpc) is 2.65. The van der Waals surface area contributed by atoms with Crippen LogP contribution in [0.25, 0.3) is 0 Å². The number of hydrogen-bond donors (Lipinski definition) is 2. The van der Waals surface area contributed by atoms with Crippen LogP contribution < -0.4 is 0 Å². The Balaban J connectivity index is 5.78. The van der Waals surface area contributed by atoms with E-state index in [2.05, 4.69) is 19.7 Å². The van der Waals surface area contributed by atoms with Crippen molar-refractivity contribution >= 4 is 17.9 Å². The molecule has 140 valence electrons. The topological polar surface area (TPSA) is 119 Å². The molecule has 8 nitrogen and oxygen atoms in total. The van der Waals surface area contributed by atoms with Gasteiger partial charge in [-0.1, -0.05) is 26.7 Å². The van der Waals surface area contributed by atoms with Gasteiger partial charge in [-0.05, 0) is 0 Å². The van der Waals surface area contributed by atoms with Crippen LogP contribution in [0.4, 0.5) is 0 Å². The summed E-state index contributed by atoms with van der Waals surface area (Å²) < 4.78 is 15.1. The molecule has 2 N–H and O–H groups in total. The fourth-order valence-corrected chi connectivity index (χ4v) is 1.84. The van der Waals surface area contributed by atoms with E-state index in [1.165, 1.54) is 6.92 Å². The Morgan fingerprint density at radius 3 is 1.28 bits per heavy atom. The third kappa shape index (κ3) is 6.17. The van der Waals surface area contributed by atoms with Crippen molar-refractivity contribution in [3.8, 4) is 0 Å². The van der Waals surface area contributed by atoms with Crippen LogP contribution in [-0.2, 0) is 28.6 Å². The summed E-state index contributed by atoms with van der Waals surface area (Å²) in [7, 11) is 0. The number of aliphatic hydroxyl groups is 2. The van der Waals surface area contributed by atoms with Gasteiger partial charge in [0, 0.05) is 23.6 Å². The Labute approximate surface area is 146 Å². The van der Waals surface area contributed by atoms with Crippen LogP contribution in [0.2, 0.25) is 0 Å². The lowest BCUT2D eigenvalue weighted by Gasteiger charge is -2.45. The van der Waals surface area contributed by atoms with Crippen molar-refractivity contribution in [2.24, 2.45) is 10.8 Å². The normalized spacial score (nSPS) is 11.2. The van der Waals surface area contributed by atoms with Gasteiger partial charge in [0.25, 0.3) is 0 Å². The van der Waals surface area contributed by atoms with Gasteiger partial charge in [0.15, 0.2) is 0 Å². The molecule has 0 aromatic heterocycles. The zero-order chi connectivity index (χ0) is 19.5. The summed E-state index contributed by atoms with van der Waals surface area (Å²) in [5.41, 5.74) is -2.75. The predicted molar refractivity (Wildman–Crippen MR) is 88.2 cm³/mol. The zero-order valence-corrected chi connectivity index (χ0v) is 14.2. The Hall–Kier alpha value is -2.45. The first-order valence-electron chi connectivity index (χ1n) is 7.33. The maximum atomic E-state index is 11.4. The number of hydrogen-bond acceptors (Lipinski definition) is 8. The van der Waals surface area contributed by atoms with E-state index in [9.17, 15) is 24.6 Å². The average molecular weight is 356 g/mol. The van der Waals surface area contributed by atoms with E-state index >= 15 is 0 Å². The van der Waals surface area contributed by atoms with E-state index in [1.807, 2.05) is 0 Å². The first-order valence-corrected chi connectivity index (χ1v) is 7.33. The summed E-state index contributed by atoms with van der Waals surface area (Å²) in [5.74, 6) is -2.31. The van der Waals surface area contributed by atoms with Crippen LogP contribution in [0.5, 0.6) is 0 Å². The van der Waals surface area contributed by atoms with E-state index in [0.717, 1.165) is 18.2 Å². The van der Waals surface area contributed by atoms with Gasteiger partial charge in [0.05, 0.1) is 18.6 Å². The highest BCUT2D eigenvalue weighted by Gasteiger charge is 2.51. The molecule has 0 aromatic rings. The highest BCUT2D eigenvalue weighted by Crippen LogP contribution is 2.40. The van der Waals surface area contributed by atoms with E-state index in [-0.39, 0.29) is 0 Å². The number of aliphatic hydroxyl groups excluding tert-OH is 2. The zero-order valence-electron chi connectivity index (χ0n) is 14.2. The maximum Gasteiger partial charge on any atom is 0.330 e. The Morgan fingerprint density at radius 1 is 0.800 bits per heavy atom. The lowest BCUT2D eigenvalue weighted by atomic mass is 9.66. The van der Waals surface area contributed by atoms with Crippen molar-refractivity contribution in [3.63, 3.8) is 0 Å². The maximum absolute atomic E-state index is 11.4. The van der Waals surface area contributed by atoms with E-state index < -0.39 is 61.8 Å². The minimum absolute atomic E-state index is 0.412. The van der Waals surface area contributed by atoms with Gasteiger partial charge in [-0.3, -0.25) is 0 Å². The predicted octanol–water partition coefficient (Wildman–Crippen LogP) is 0.151. The van der Waals surface area contributed by atoms with E-state index in [4.69, 9.17) is 14.2 Å². The van der Waals surface area contributed by atoms with Gasteiger partial charge in [-0.2, -0.15) is 0 Å². The van der Waals surface area contributed by atoms with Crippen molar-refractivity contribution in [1.29, 1.82) is 0 Å². The lowest BCUT2D eigenvalue weighted by molar-refractivity contribution is -0.179. The second kappa shape index (κ2) is 10.4. The SMILES string of the molecule is C=CC(=O)OCC(COC(=O)C=C)(COC(=O)C=C)C(C)(CO)CO. The van der Waals surface area contributed by atoms with Crippen LogP contribution in [-0.4, -0.2) is 61.2 Å². The molecule has 0 unspecified atom stereocenters. The molecule has 0 aliphatic rings. The van der Waals surface area contributed by atoms with Gasteiger partial charge >= 0.3 is 17.9 Å².